The first kappa shape index (κ1) is 17.5. The molecule has 8 nitrogen and oxygen atoms in total. The molecule has 1 aliphatic rings. The van der Waals surface area contributed by atoms with Crippen molar-refractivity contribution < 1.29 is 0 Å². The van der Waals surface area contributed by atoms with Crippen molar-refractivity contribution in [2.75, 3.05) is 18.4 Å². The van der Waals surface area contributed by atoms with Crippen LogP contribution in [0.2, 0.25) is 0 Å². The minimum atomic E-state index is -0.366. The smallest absolute Gasteiger partial charge is 0.332 e. The van der Waals surface area contributed by atoms with Crippen molar-refractivity contribution in [3.8, 4) is 0 Å². The van der Waals surface area contributed by atoms with E-state index < -0.39 is 0 Å². The van der Waals surface area contributed by atoms with Crippen molar-refractivity contribution >= 4 is 17.1 Å². The Morgan fingerprint density at radius 3 is 2.72 bits per heavy atom. The summed E-state index contributed by atoms with van der Waals surface area (Å²) in [5.41, 5.74) is 1.35. The van der Waals surface area contributed by atoms with Gasteiger partial charge in [0, 0.05) is 33.2 Å². The highest BCUT2D eigenvalue weighted by atomic mass is 16.2. The summed E-state index contributed by atoms with van der Waals surface area (Å²) in [7, 11) is 3.15. The maximum absolute atomic E-state index is 12.7. The quantitative estimate of drug-likeness (QED) is 0.790. The van der Waals surface area contributed by atoms with Gasteiger partial charge in [0.25, 0.3) is 5.56 Å². The Labute approximate surface area is 146 Å². The maximum Gasteiger partial charge on any atom is 0.332 e. The first-order chi connectivity index (χ1) is 11.9. The van der Waals surface area contributed by atoms with Crippen LogP contribution in [-0.2, 0) is 20.6 Å². The predicted molar refractivity (Wildman–Crippen MR) is 99.2 cm³/mol. The Hall–Kier alpha value is -2.35. The Morgan fingerprint density at radius 2 is 2.08 bits per heavy atom. The number of hydrogen-bond acceptors (Lipinski definition) is 5. The number of rotatable bonds is 4. The number of anilines is 1. The van der Waals surface area contributed by atoms with Gasteiger partial charge in [-0.25, -0.2) is 4.79 Å². The molecule has 3 heterocycles. The summed E-state index contributed by atoms with van der Waals surface area (Å²) < 4.78 is 4.44. The van der Waals surface area contributed by atoms with Crippen LogP contribution < -0.4 is 21.9 Å². The molecule has 0 aliphatic carbocycles. The van der Waals surface area contributed by atoms with Gasteiger partial charge in [-0.3, -0.25) is 13.9 Å². The van der Waals surface area contributed by atoms with Crippen LogP contribution in [0.4, 0.5) is 5.95 Å². The highest BCUT2D eigenvalue weighted by Crippen LogP contribution is 2.18. The third-order valence-corrected chi connectivity index (χ3v) is 4.66. The third-order valence-electron chi connectivity index (χ3n) is 4.66. The van der Waals surface area contributed by atoms with Crippen LogP contribution in [0.15, 0.2) is 21.2 Å². The summed E-state index contributed by atoms with van der Waals surface area (Å²) in [5.74, 6) is 0.638. The lowest BCUT2D eigenvalue weighted by molar-refractivity contribution is 0.476. The first-order valence-corrected chi connectivity index (χ1v) is 8.67. The van der Waals surface area contributed by atoms with Crippen molar-refractivity contribution in [2.45, 2.75) is 39.3 Å². The van der Waals surface area contributed by atoms with Gasteiger partial charge in [-0.1, -0.05) is 11.6 Å². The van der Waals surface area contributed by atoms with E-state index in [9.17, 15) is 9.59 Å². The van der Waals surface area contributed by atoms with Gasteiger partial charge in [0.2, 0.25) is 5.95 Å². The minimum absolute atomic E-state index is 0.261. The topological polar surface area (TPSA) is 85.9 Å². The number of piperidine rings is 1. The molecule has 8 heteroatoms. The lowest BCUT2D eigenvalue weighted by atomic mass is 10.1. The third kappa shape index (κ3) is 3.26. The second-order valence-corrected chi connectivity index (χ2v) is 6.89. The molecule has 1 aliphatic heterocycles. The fourth-order valence-electron chi connectivity index (χ4n) is 3.17. The Bertz CT molecular complexity index is 923. The molecule has 2 aromatic heterocycles. The van der Waals surface area contributed by atoms with E-state index in [4.69, 9.17) is 0 Å². The van der Waals surface area contributed by atoms with E-state index in [0.29, 0.717) is 23.7 Å². The van der Waals surface area contributed by atoms with Crippen LogP contribution in [0.3, 0.4) is 0 Å². The van der Waals surface area contributed by atoms with Crippen LogP contribution in [0.5, 0.6) is 0 Å². The maximum atomic E-state index is 12.7. The predicted octanol–water partition coefficient (Wildman–Crippen LogP) is 0.564. The van der Waals surface area contributed by atoms with Crippen molar-refractivity contribution in [1.29, 1.82) is 0 Å². The average Bonchev–Trinajstić information content (AvgIpc) is 2.95. The lowest BCUT2D eigenvalue weighted by Gasteiger charge is -2.24. The van der Waals surface area contributed by atoms with Gasteiger partial charge >= 0.3 is 5.69 Å². The molecule has 0 aromatic carbocycles. The highest BCUT2D eigenvalue weighted by Gasteiger charge is 2.21. The number of imidazole rings is 1. The van der Waals surface area contributed by atoms with Crippen LogP contribution in [0.25, 0.3) is 11.2 Å². The highest BCUT2D eigenvalue weighted by molar-refractivity contribution is 5.74. The van der Waals surface area contributed by atoms with Crippen LogP contribution in [0.1, 0.15) is 26.7 Å². The van der Waals surface area contributed by atoms with Crippen molar-refractivity contribution in [2.24, 2.45) is 14.1 Å². The Balaban J connectivity index is 2.17. The minimum Gasteiger partial charge on any atom is -0.352 e. The van der Waals surface area contributed by atoms with Crippen molar-refractivity contribution in [3.63, 3.8) is 0 Å². The fourth-order valence-corrected chi connectivity index (χ4v) is 3.17. The molecule has 0 saturated carbocycles. The number of allylic oxidation sites excluding steroid dienone is 2. The molecule has 136 valence electrons. The number of aryl methyl sites for hydroxylation is 1. The second-order valence-electron chi connectivity index (χ2n) is 6.89. The largest absolute Gasteiger partial charge is 0.352 e. The standard InChI is InChI=1S/C17H26N6O2/c1-11(2)7-9-23-13-14(21(3)17(25)22(4)15(13)24)20-16(23)19-12-6-5-8-18-10-12/h7,12,18H,5-6,8-10H2,1-4H3,(H,19,20). The van der Waals surface area contributed by atoms with E-state index in [1.165, 1.54) is 11.6 Å². The first-order valence-electron chi connectivity index (χ1n) is 8.67. The zero-order chi connectivity index (χ0) is 18.1. The van der Waals surface area contributed by atoms with Crippen molar-refractivity contribution in [1.82, 2.24) is 24.0 Å². The average molecular weight is 346 g/mol. The molecule has 2 aromatic rings. The molecule has 0 bridgehead atoms. The number of hydrogen-bond donors (Lipinski definition) is 2. The summed E-state index contributed by atoms with van der Waals surface area (Å²) in [6, 6.07) is 0.261. The second kappa shape index (κ2) is 6.87. The molecule has 25 heavy (non-hydrogen) atoms. The van der Waals surface area contributed by atoms with Gasteiger partial charge in [-0.15, -0.1) is 0 Å². The van der Waals surface area contributed by atoms with E-state index in [1.54, 1.807) is 7.05 Å². The van der Waals surface area contributed by atoms with Gasteiger partial charge in [0.15, 0.2) is 11.2 Å². The number of nitrogens with zero attached hydrogens (tertiary/aromatic N) is 4. The molecule has 1 fully saturated rings. The van der Waals surface area contributed by atoms with Gasteiger partial charge in [-0.2, -0.15) is 4.98 Å². The van der Waals surface area contributed by atoms with E-state index in [-0.39, 0.29) is 17.3 Å². The van der Waals surface area contributed by atoms with E-state index in [1.807, 2.05) is 18.4 Å². The zero-order valence-corrected chi connectivity index (χ0v) is 15.3. The monoisotopic (exact) mass is 346 g/mol. The van der Waals surface area contributed by atoms with Gasteiger partial charge < -0.3 is 15.2 Å². The SMILES string of the molecule is CC(C)=CCn1c(NC2CCCNC2)nc2c1c(=O)n(C)c(=O)n2C. The summed E-state index contributed by atoms with van der Waals surface area (Å²) in [5, 5.41) is 6.82. The normalized spacial score (nSPS) is 17.7. The van der Waals surface area contributed by atoms with Crippen molar-refractivity contribution in [3.05, 3.63) is 32.5 Å². The molecule has 1 atom stereocenters. The Kier molecular flexibility index (Phi) is 4.80. The molecule has 1 saturated heterocycles. The fraction of sp³-hybridized carbons (Fsp3) is 0.588. The van der Waals surface area contributed by atoms with Gasteiger partial charge in [-0.05, 0) is 33.2 Å². The molecule has 0 spiro atoms. The zero-order valence-electron chi connectivity index (χ0n) is 15.3. The Morgan fingerprint density at radius 1 is 1.32 bits per heavy atom. The molecule has 1 unspecified atom stereocenters. The van der Waals surface area contributed by atoms with Crippen LogP contribution in [-0.4, -0.2) is 37.8 Å². The molecule has 0 amide bonds. The molecular formula is C17H26N6O2. The summed E-state index contributed by atoms with van der Waals surface area (Å²) >= 11 is 0. The molecule has 2 N–H and O–H groups in total. The van der Waals surface area contributed by atoms with E-state index >= 15 is 0 Å². The van der Waals surface area contributed by atoms with Gasteiger partial charge in [0.05, 0.1) is 0 Å². The summed E-state index contributed by atoms with van der Waals surface area (Å²) in [6.45, 7) is 6.47. The van der Waals surface area contributed by atoms with E-state index in [0.717, 1.165) is 36.1 Å². The summed E-state index contributed by atoms with van der Waals surface area (Å²) in [4.78, 5) is 29.5. The number of nitrogens with one attached hydrogen (secondary N) is 2. The summed E-state index contributed by atoms with van der Waals surface area (Å²) in [6.07, 6.45) is 4.21. The number of fused-ring (bicyclic) bond motifs is 1. The molecule has 3 rings (SSSR count). The van der Waals surface area contributed by atoms with E-state index in [2.05, 4.69) is 21.7 Å². The molecular weight excluding hydrogens is 320 g/mol. The van der Waals surface area contributed by atoms with Crippen LogP contribution >= 0.6 is 0 Å². The molecule has 0 radical (unpaired) electrons. The van der Waals surface area contributed by atoms with Gasteiger partial charge in [0.1, 0.15) is 0 Å². The number of aromatic nitrogens is 4. The lowest BCUT2D eigenvalue weighted by Crippen LogP contribution is -2.39. The van der Waals surface area contributed by atoms with Crippen LogP contribution in [0, 0.1) is 0 Å².